The van der Waals surface area contributed by atoms with Gasteiger partial charge in [-0.2, -0.15) is 4.98 Å². The molecule has 0 unspecified atom stereocenters. The van der Waals surface area contributed by atoms with Crippen LogP contribution in [0.15, 0.2) is 4.52 Å². The van der Waals surface area contributed by atoms with E-state index >= 15 is 0 Å². The van der Waals surface area contributed by atoms with Crippen LogP contribution in [0.2, 0.25) is 0 Å². The molecule has 1 aliphatic carbocycles. The van der Waals surface area contributed by atoms with E-state index in [0.717, 1.165) is 19.4 Å². The fourth-order valence-corrected chi connectivity index (χ4v) is 1.31. The summed E-state index contributed by atoms with van der Waals surface area (Å²) in [6.45, 7) is 2.82. The van der Waals surface area contributed by atoms with Crippen LogP contribution in [0.4, 0.5) is 5.95 Å². The minimum absolute atomic E-state index is 0.226. The maximum absolute atomic E-state index is 11.5. The first-order valence-electron chi connectivity index (χ1n) is 5.27. The molecule has 2 rings (SSSR count). The number of rotatable bonds is 5. The molecule has 0 atom stereocenters. The summed E-state index contributed by atoms with van der Waals surface area (Å²) in [4.78, 5) is 17.5. The number of carbonyl (C=O) groups is 1. The molecule has 1 fully saturated rings. The fourth-order valence-electron chi connectivity index (χ4n) is 1.31. The topological polar surface area (TPSA) is 59.2 Å². The van der Waals surface area contributed by atoms with Gasteiger partial charge in [0.05, 0.1) is 6.42 Å². The SMILES string of the molecule is CCN(C)c1noc(CC(=O)C2CC2)n1. The third kappa shape index (κ3) is 2.34. The number of hydrogen-bond acceptors (Lipinski definition) is 5. The molecule has 1 saturated carbocycles. The maximum atomic E-state index is 11.5. The minimum Gasteiger partial charge on any atom is -0.342 e. The van der Waals surface area contributed by atoms with Gasteiger partial charge in [0.15, 0.2) is 0 Å². The van der Waals surface area contributed by atoms with E-state index in [4.69, 9.17) is 4.52 Å². The van der Waals surface area contributed by atoms with Crippen molar-refractivity contribution in [3.63, 3.8) is 0 Å². The van der Waals surface area contributed by atoms with Crippen molar-refractivity contribution in [2.75, 3.05) is 18.5 Å². The second kappa shape index (κ2) is 4.00. The van der Waals surface area contributed by atoms with E-state index < -0.39 is 0 Å². The summed E-state index contributed by atoms with van der Waals surface area (Å²) >= 11 is 0. The predicted octanol–water partition coefficient (Wildman–Crippen LogP) is 1.05. The average Bonchev–Trinajstić information content (AvgIpc) is 2.99. The number of ketones is 1. The highest BCUT2D eigenvalue weighted by Crippen LogP contribution is 2.30. The molecule has 0 spiro atoms. The van der Waals surface area contributed by atoms with Crippen molar-refractivity contribution < 1.29 is 9.32 Å². The van der Waals surface area contributed by atoms with Crippen LogP contribution < -0.4 is 4.90 Å². The number of anilines is 1. The lowest BCUT2D eigenvalue weighted by Gasteiger charge is -2.08. The lowest BCUT2D eigenvalue weighted by Crippen LogP contribution is -2.17. The van der Waals surface area contributed by atoms with Crippen LogP contribution in [0.25, 0.3) is 0 Å². The van der Waals surface area contributed by atoms with E-state index in [1.54, 1.807) is 0 Å². The third-order valence-corrected chi connectivity index (χ3v) is 2.63. The van der Waals surface area contributed by atoms with E-state index in [1.807, 2.05) is 18.9 Å². The lowest BCUT2D eigenvalue weighted by molar-refractivity contribution is -0.119. The van der Waals surface area contributed by atoms with Crippen LogP contribution in [0, 0.1) is 5.92 Å². The van der Waals surface area contributed by atoms with E-state index in [0.29, 0.717) is 11.8 Å². The van der Waals surface area contributed by atoms with Gasteiger partial charge < -0.3 is 9.42 Å². The molecule has 5 nitrogen and oxygen atoms in total. The van der Waals surface area contributed by atoms with Gasteiger partial charge >= 0.3 is 0 Å². The smallest absolute Gasteiger partial charge is 0.265 e. The Kier molecular flexibility index (Phi) is 2.70. The molecule has 1 heterocycles. The van der Waals surface area contributed by atoms with Gasteiger partial charge in [-0.15, -0.1) is 0 Å². The molecule has 0 saturated heterocycles. The standard InChI is InChI=1S/C10H15N3O2/c1-3-13(2)10-11-9(15-12-10)6-8(14)7-4-5-7/h7H,3-6H2,1-2H3. The van der Waals surface area contributed by atoms with E-state index in [9.17, 15) is 4.79 Å². The molecule has 0 amide bonds. The summed E-state index contributed by atoms with van der Waals surface area (Å²) in [6, 6.07) is 0. The molecule has 1 aromatic heterocycles. The van der Waals surface area contributed by atoms with Crippen LogP contribution in [-0.2, 0) is 11.2 Å². The van der Waals surface area contributed by atoms with Crippen LogP contribution in [0.5, 0.6) is 0 Å². The van der Waals surface area contributed by atoms with E-state index in [1.165, 1.54) is 0 Å². The summed E-state index contributed by atoms with van der Waals surface area (Å²) in [5.41, 5.74) is 0. The van der Waals surface area contributed by atoms with Gasteiger partial charge in [-0.3, -0.25) is 4.79 Å². The number of carbonyl (C=O) groups excluding carboxylic acids is 1. The zero-order chi connectivity index (χ0) is 10.8. The fraction of sp³-hybridized carbons (Fsp3) is 0.700. The Balaban J connectivity index is 1.97. The first kappa shape index (κ1) is 10.1. The summed E-state index contributed by atoms with van der Waals surface area (Å²) in [6.07, 6.45) is 2.33. The first-order chi connectivity index (χ1) is 7.20. The zero-order valence-corrected chi connectivity index (χ0v) is 9.06. The summed E-state index contributed by atoms with van der Waals surface area (Å²) in [7, 11) is 1.89. The highest BCUT2D eigenvalue weighted by Gasteiger charge is 2.30. The van der Waals surface area contributed by atoms with Crippen LogP contribution in [-0.4, -0.2) is 29.5 Å². The van der Waals surface area contributed by atoms with Crippen molar-refractivity contribution >= 4 is 11.7 Å². The Morgan fingerprint density at radius 2 is 2.33 bits per heavy atom. The van der Waals surface area contributed by atoms with E-state index in [-0.39, 0.29) is 18.1 Å². The molecule has 0 aromatic carbocycles. The maximum Gasteiger partial charge on any atom is 0.265 e. The molecule has 1 aromatic rings. The van der Waals surface area contributed by atoms with Crippen molar-refractivity contribution in [2.45, 2.75) is 26.2 Å². The monoisotopic (exact) mass is 209 g/mol. The quantitative estimate of drug-likeness (QED) is 0.725. The van der Waals surface area contributed by atoms with Crippen LogP contribution in [0.1, 0.15) is 25.7 Å². The Bertz CT molecular complexity index is 357. The largest absolute Gasteiger partial charge is 0.342 e. The van der Waals surface area contributed by atoms with Crippen molar-refractivity contribution in [3.8, 4) is 0 Å². The van der Waals surface area contributed by atoms with Gasteiger partial charge in [0.2, 0.25) is 5.89 Å². The average molecular weight is 209 g/mol. The van der Waals surface area contributed by atoms with Gasteiger partial charge in [-0.1, -0.05) is 0 Å². The Morgan fingerprint density at radius 1 is 1.60 bits per heavy atom. The highest BCUT2D eigenvalue weighted by atomic mass is 16.5. The molecule has 0 bridgehead atoms. The normalized spacial score (nSPS) is 15.3. The molecule has 0 radical (unpaired) electrons. The van der Waals surface area contributed by atoms with Crippen LogP contribution in [0.3, 0.4) is 0 Å². The molecule has 15 heavy (non-hydrogen) atoms. The molecule has 5 heteroatoms. The predicted molar refractivity (Wildman–Crippen MR) is 54.7 cm³/mol. The van der Waals surface area contributed by atoms with Gasteiger partial charge in [-0.05, 0) is 24.9 Å². The van der Waals surface area contributed by atoms with Gasteiger partial charge in [0, 0.05) is 19.5 Å². The summed E-state index contributed by atoms with van der Waals surface area (Å²) < 4.78 is 5.01. The second-order valence-electron chi connectivity index (χ2n) is 3.92. The molecule has 82 valence electrons. The first-order valence-corrected chi connectivity index (χ1v) is 5.27. The Hall–Kier alpha value is -1.39. The number of aromatic nitrogens is 2. The molecular formula is C10H15N3O2. The van der Waals surface area contributed by atoms with Crippen molar-refractivity contribution in [1.82, 2.24) is 10.1 Å². The minimum atomic E-state index is 0.226. The Morgan fingerprint density at radius 3 is 2.93 bits per heavy atom. The molecule has 0 N–H and O–H groups in total. The third-order valence-electron chi connectivity index (χ3n) is 2.63. The summed E-state index contributed by atoms with van der Waals surface area (Å²) in [5.74, 6) is 1.46. The number of nitrogens with zero attached hydrogens (tertiary/aromatic N) is 3. The lowest BCUT2D eigenvalue weighted by atomic mass is 10.2. The van der Waals surface area contributed by atoms with Crippen molar-refractivity contribution in [1.29, 1.82) is 0 Å². The summed E-state index contributed by atoms with van der Waals surface area (Å²) in [5, 5.41) is 3.81. The number of hydrogen-bond donors (Lipinski definition) is 0. The van der Waals surface area contributed by atoms with E-state index in [2.05, 4.69) is 10.1 Å². The van der Waals surface area contributed by atoms with Crippen molar-refractivity contribution in [3.05, 3.63) is 5.89 Å². The Labute approximate surface area is 88.5 Å². The second-order valence-corrected chi connectivity index (χ2v) is 3.92. The zero-order valence-electron chi connectivity index (χ0n) is 9.06. The van der Waals surface area contributed by atoms with Crippen LogP contribution >= 0.6 is 0 Å². The van der Waals surface area contributed by atoms with Gasteiger partial charge in [0.25, 0.3) is 5.95 Å². The molecule has 1 aliphatic rings. The van der Waals surface area contributed by atoms with Gasteiger partial charge in [-0.25, -0.2) is 0 Å². The number of Topliss-reactive ketones (excluding diaryl/α,β-unsaturated/α-hetero) is 1. The van der Waals surface area contributed by atoms with Gasteiger partial charge in [0.1, 0.15) is 5.78 Å². The van der Waals surface area contributed by atoms with Crippen molar-refractivity contribution in [2.24, 2.45) is 5.92 Å². The highest BCUT2D eigenvalue weighted by molar-refractivity contribution is 5.84. The molecular weight excluding hydrogens is 194 g/mol. The molecule has 0 aliphatic heterocycles.